The molecule has 0 radical (unpaired) electrons. The molecule has 1 aromatic carbocycles. The van der Waals surface area contributed by atoms with E-state index in [4.69, 9.17) is 0 Å². The molecule has 19 heavy (non-hydrogen) atoms. The van der Waals surface area contributed by atoms with Crippen molar-refractivity contribution in [1.82, 2.24) is 10.6 Å². The Morgan fingerprint density at radius 1 is 1.16 bits per heavy atom. The third kappa shape index (κ3) is 4.56. The number of nitrogens with one attached hydrogen (secondary N) is 2. The third-order valence-electron chi connectivity index (χ3n) is 2.79. The molecule has 2 rings (SSSR count). The second-order valence-electron chi connectivity index (χ2n) is 5.75. The maximum absolute atomic E-state index is 13.1. The number of benzene rings is 1. The minimum atomic E-state index is -0.167. The van der Waals surface area contributed by atoms with Gasteiger partial charge in [0.2, 0.25) is 0 Å². The molecule has 4 heteroatoms. The van der Waals surface area contributed by atoms with Gasteiger partial charge in [-0.15, -0.1) is 11.3 Å². The average molecular weight is 280 g/mol. The van der Waals surface area contributed by atoms with Crippen LogP contribution in [-0.4, -0.2) is 18.6 Å². The van der Waals surface area contributed by atoms with Crippen LogP contribution in [0.15, 0.2) is 24.3 Å². The summed E-state index contributed by atoms with van der Waals surface area (Å²) >= 11 is 1.72. The summed E-state index contributed by atoms with van der Waals surface area (Å²) in [5.41, 5.74) is 0.164. The Morgan fingerprint density at radius 2 is 1.95 bits per heavy atom. The molecule has 0 spiro atoms. The molecule has 0 unspecified atom stereocenters. The quantitative estimate of drug-likeness (QED) is 0.819. The number of rotatable bonds is 5. The van der Waals surface area contributed by atoms with Gasteiger partial charge in [-0.25, -0.2) is 4.39 Å². The SMILES string of the molecule is CC(C)(C)NCCNCc1cc2cc(F)ccc2s1. The molecule has 104 valence electrons. The lowest BCUT2D eigenvalue weighted by Gasteiger charge is -2.20. The second-order valence-corrected chi connectivity index (χ2v) is 6.92. The van der Waals surface area contributed by atoms with Gasteiger partial charge in [0.05, 0.1) is 0 Å². The third-order valence-corrected chi connectivity index (χ3v) is 3.90. The first-order valence-corrected chi connectivity index (χ1v) is 7.39. The van der Waals surface area contributed by atoms with Crippen LogP contribution in [0.2, 0.25) is 0 Å². The molecule has 1 aromatic heterocycles. The Morgan fingerprint density at radius 3 is 2.68 bits per heavy atom. The van der Waals surface area contributed by atoms with Gasteiger partial charge < -0.3 is 10.6 Å². The van der Waals surface area contributed by atoms with E-state index < -0.39 is 0 Å². The van der Waals surface area contributed by atoms with Crippen LogP contribution in [0.3, 0.4) is 0 Å². The van der Waals surface area contributed by atoms with Crippen LogP contribution in [-0.2, 0) is 6.54 Å². The lowest BCUT2D eigenvalue weighted by Crippen LogP contribution is -2.40. The molecule has 2 nitrogen and oxygen atoms in total. The van der Waals surface area contributed by atoms with Crippen LogP contribution in [0.1, 0.15) is 25.6 Å². The summed E-state index contributed by atoms with van der Waals surface area (Å²) < 4.78 is 14.2. The summed E-state index contributed by atoms with van der Waals surface area (Å²) in [5.74, 6) is -0.167. The van der Waals surface area contributed by atoms with Crippen LogP contribution in [0, 0.1) is 5.82 Å². The number of hydrogen-bond acceptors (Lipinski definition) is 3. The highest BCUT2D eigenvalue weighted by atomic mass is 32.1. The molecule has 0 fully saturated rings. The fourth-order valence-corrected chi connectivity index (χ4v) is 2.91. The van der Waals surface area contributed by atoms with Crippen molar-refractivity contribution in [3.05, 3.63) is 35.0 Å². The Balaban J connectivity index is 1.82. The first-order chi connectivity index (χ1) is 8.94. The van der Waals surface area contributed by atoms with E-state index in [1.165, 1.54) is 10.9 Å². The van der Waals surface area contributed by atoms with Crippen LogP contribution < -0.4 is 10.6 Å². The minimum absolute atomic E-state index is 0.164. The topological polar surface area (TPSA) is 24.1 Å². The van der Waals surface area contributed by atoms with E-state index in [0.29, 0.717) is 0 Å². The average Bonchev–Trinajstić information content (AvgIpc) is 2.68. The van der Waals surface area contributed by atoms with Gasteiger partial charge in [0.25, 0.3) is 0 Å². The monoisotopic (exact) mass is 280 g/mol. The van der Waals surface area contributed by atoms with Crippen molar-refractivity contribution < 1.29 is 4.39 Å². The zero-order chi connectivity index (χ0) is 13.9. The Bertz CT molecular complexity index is 543. The minimum Gasteiger partial charge on any atom is -0.311 e. The number of halogens is 1. The fraction of sp³-hybridized carbons (Fsp3) is 0.467. The molecule has 0 saturated heterocycles. The van der Waals surface area contributed by atoms with Gasteiger partial charge in [0.1, 0.15) is 5.82 Å². The molecule has 1 heterocycles. The Hall–Kier alpha value is -0.970. The van der Waals surface area contributed by atoms with E-state index in [0.717, 1.165) is 29.7 Å². The lowest BCUT2D eigenvalue weighted by atomic mass is 10.1. The molecule has 0 saturated carbocycles. The molecule has 0 aliphatic carbocycles. The maximum atomic E-state index is 13.1. The molecule has 0 atom stereocenters. The van der Waals surface area contributed by atoms with Gasteiger partial charge in [0, 0.05) is 34.8 Å². The van der Waals surface area contributed by atoms with Gasteiger partial charge >= 0.3 is 0 Å². The lowest BCUT2D eigenvalue weighted by molar-refractivity contribution is 0.422. The highest BCUT2D eigenvalue weighted by Gasteiger charge is 2.07. The molecule has 0 aliphatic heterocycles. The van der Waals surface area contributed by atoms with Gasteiger partial charge in [0.15, 0.2) is 0 Å². The van der Waals surface area contributed by atoms with Crippen LogP contribution >= 0.6 is 11.3 Å². The molecular formula is C15H21FN2S. The predicted molar refractivity (Wildman–Crippen MR) is 81.2 cm³/mol. The highest BCUT2D eigenvalue weighted by molar-refractivity contribution is 7.19. The first kappa shape index (κ1) is 14.4. The van der Waals surface area contributed by atoms with Crippen molar-refractivity contribution in [1.29, 1.82) is 0 Å². The van der Waals surface area contributed by atoms with Gasteiger partial charge in [-0.05, 0) is 50.4 Å². The van der Waals surface area contributed by atoms with E-state index in [9.17, 15) is 4.39 Å². The predicted octanol–water partition coefficient (Wildman–Crippen LogP) is 3.52. The Labute approximate surface area is 118 Å². The van der Waals surface area contributed by atoms with Gasteiger partial charge in [-0.2, -0.15) is 0 Å². The van der Waals surface area contributed by atoms with Gasteiger partial charge in [-0.3, -0.25) is 0 Å². The first-order valence-electron chi connectivity index (χ1n) is 6.58. The summed E-state index contributed by atoms with van der Waals surface area (Å²) in [4.78, 5) is 1.25. The summed E-state index contributed by atoms with van der Waals surface area (Å²) in [6, 6.07) is 7.02. The van der Waals surface area contributed by atoms with E-state index in [1.54, 1.807) is 17.4 Å². The molecule has 0 aliphatic rings. The van der Waals surface area contributed by atoms with E-state index >= 15 is 0 Å². The zero-order valence-corrected chi connectivity index (χ0v) is 12.5. The molecule has 0 amide bonds. The van der Waals surface area contributed by atoms with E-state index in [2.05, 4.69) is 37.5 Å². The van der Waals surface area contributed by atoms with Crippen molar-refractivity contribution in [2.45, 2.75) is 32.9 Å². The standard InChI is InChI=1S/C15H21FN2S/c1-15(2,3)18-7-6-17-10-13-9-11-8-12(16)4-5-14(11)19-13/h4-5,8-9,17-18H,6-7,10H2,1-3H3. The van der Waals surface area contributed by atoms with Crippen molar-refractivity contribution >= 4 is 21.4 Å². The van der Waals surface area contributed by atoms with Crippen molar-refractivity contribution in [2.24, 2.45) is 0 Å². The molecule has 0 bridgehead atoms. The van der Waals surface area contributed by atoms with E-state index in [1.807, 2.05) is 6.07 Å². The number of hydrogen-bond donors (Lipinski definition) is 2. The van der Waals surface area contributed by atoms with Crippen LogP contribution in [0.4, 0.5) is 4.39 Å². The normalized spacial score (nSPS) is 12.2. The zero-order valence-electron chi connectivity index (χ0n) is 11.7. The van der Waals surface area contributed by atoms with Gasteiger partial charge in [-0.1, -0.05) is 0 Å². The summed E-state index contributed by atoms with van der Waals surface area (Å²) in [6.07, 6.45) is 0. The largest absolute Gasteiger partial charge is 0.311 e. The van der Waals surface area contributed by atoms with Crippen LogP contribution in [0.5, 0.6) is 0 Å². The molecule has 2 N–H and O–H groups in total. The summed E-state index contributed by atoms with van der Waals surface area (Å²) in [7, 11) is 0. The van der Waals surface area contributed by atoms with E-state index in [-0.39, 0.29) is 11.4 Å². The van der Waals surface area contributed by atoms with Crippen LogP contribution in [0.25, 0.3) is 10.1 Å². The second kappa shape index (κ2) is 5.99. The highest BCUT2D eigenvalue weighted by Crippen LogP contribution is 2.26. The number of thiophene rings is 1. The fourth-order valence-electron chi connectivity index (χ4n) is 1.89. The number of fused-ring (bicyclic) bond motifs is 1. The van der Waals surface area contributed by atoms with Crippen molar-refractivity contribution in [3.63, 3.8) is 0 Å². The summed E-state index contributed by atoms with van der Waals surface area (Å²) in [5, 5.41) is 7.83. The maximum Gasteiger partial charge on any atom is 0.123 e. The van der Waals surface area contributed by atoms with Crippen molar-refractivity contribution in [2.75, 3.05) is 13.1 Å². The molecule has 2 aromatic rings. The summed E-state index contributed by atoms with van der Waals surface area (Å²) in [6.45, 7) is 9.20. The Kier molecular flexibility index (Phi) is 4.55. The van der Waals surface area contributed by atoms with Crippen molar-refractivity contribution in [3.8, 4) is 0 Å². The molecular weight excluding hydrogens is 259 g/mol. The smallest absolute Gasteiger partial charge is 0.123 e.